The lowest BCUT2D eigenvalue weighted by molar-refractivity contribution is -0.112. The van der Waals surface area contributed by atoms with Gasteiger partial charge in [0.15, 0.2) is 5.78 Å². The van der Waals surface area contributed by atoms with Crippen LogP contribution in [-0.4, -0.2) is 22.6 Å². The molecule has 0 saturated heterocycles. The number of allylic oxidation sites excluding steroid dienone is 2. The minimum absolute atomic E-state index is 0.00851. The van der Waals surface area contributed by atoms with Gasteiger partial charge in [-0.15, -0.1) is 0 Å². The van der Waals surface area contributed by atoms with Crippen molar-refractivity contribution in [1.29, 1.82) is 0 Å². The fraction of sp³-hybridized carbons (Fsp3) is 0.0682. The topological polar surface area (TPSA) is 104 Å². The fourth-order valence-electron chi connectivity index (χ4n) is 5.99. The van der Waals surface area contributed by atoms with E-state index in [4.69, 9.17) is 32.7 Å². The largest absolute Gasteiger partial charge is 0.457 e. The van der Waals surface area contributed by atoms with Gasteiger partial charge in [-0.25, -0.2) is 16.8 Å². The summed E-state index contributed by atoms with van der Waals surface area (Å²) in [5.41, 5.74) is 3.17. The van der Waals surface area contributed by atoms with Crippen molar-refractivity contribution in [2.75, 3.05) is 0 Å². The molecule has 1 saturated carbocycles. The van der Waals surface area contributed by atoms with Crippen LogP contribution in [-0.2, 0) is 24.5 Å². The van der Waals surface area contributed by atoms with E-state index in [1.54, 1.807) is 48.5 Å². The molecular formula is C44H32Cl2O7S2. The number of hydrogen-bond acceptors (Lipinski definition) is 7. The molecule has 0 bridgehead atoms. The molecule has 7 nitrogen and oxygen atoms in total. The number of Topliss-reactive ketones (excluding diaryl/α,β-unsaturated/α-hetero) is 1. The predicted octanol–water partition coefficient (Wildman–Crippen LogP) is 11.5. The smallest absolute Gasteiger partial charge is 0.206 e. The minimum atomic E-state index is -3.69. The van der Waals surface area contributed by atoms with Crippen LogP contribution < -0.4 is 9.47 Å². The summed E-state index contributed by atoms with van der Waals surface area (Å²) in [5, 5.41) is 0.916. The zero-order valence-corrected chi connectivity index (χ0v) is 32.2. The molecular weight excluding hydrogens is 776 g/mol. The zero-order valence-electron chi connectivity index (χ0n) is 29.1. The molecule has 0 atom stereocenters. The Labute approximate surface area is 329 Å². The summed E-state index contributed by atoms with van der Waals surface area (Å²) in [6.45, 7) is 0. The Morgan fingerprint density at radius 2 is 0.691 bits per heavy atom. The van der Waals surface area contributed by atoms with E-state index in [9.17, 15) is 21.6 Å². The molecule has 0 heterocycles. The number of sulfone groups is 2. The summed E-state index contributed by atoms with van der Waals surface area (Å²) in [5.74, 6) is 2.11. The van der Waals surface area contributed by atoms with Crippen LogP contribution in [0.25, 0.3) is 12.2 Å². The molecule has 0 N–H and O–H groups in total. The Bertz CT molecular complexity index is 2430. The summed E-state index contributed by atoms with van der Waals surface area (Å²) >= 11 is 11.8. The summed E-state index contributed by atoms with van der Waals surface area (Å²) in [7, 11) is -7.38. The summed E-state index contributed by atoms with van der Waals surface area (Å²) in [6, 6.07) is 39.2. The number of carbonyl (C=O) groups excluding carboxylic acids is 1. The molecule has 6 aromatic carbocycles. The van der Waals surface area contributed by atoms with Crippen molar-refractivity contribution in [1.82, 2.24) is 0 Å². The van der Waals surface area contributed by atoms with Crippen LogP contribution in [0.3, 0.4) is 0 Å². The number of ether oxygens (including phenoxy) is 2. The molecule has 0 spiro atoms. The third-order valence-corrected chi connectivity index (χ3v) is 13.0. The van der Waals surface area contributed by atoms with Gasteiger partial charge in [0, 0.05) is 21.2 Å². The Morgan fingerprint density at radius 1 is 0.418 bits per heavy atom. The molecule has 7 rings (SSSR count). The van der Waals surface area contributed by atoms with Crippen LogP contribution in [0.4, 0.5) is 0 Å². The first-order valence-corrected chi connectivity index (χ1v) is 20.9. The highest BCUT2D eigenvalue weighted by Gasteiger charge is 2.21. The van der Waals surface area contributed by atoms with Gasteiger partial charge in [-0.2, -0.15) is 0 Å². The van der Waals surface area contributed by atoms with Crippen LogP contribution in [0, 0.1) is 0 Å². The molecule has 6 aromatic rings. The van der Waals surface area contributed by atoms with E-state index < -0.39 is 19.7 Å². The van der Waals surface area contributed by atoms with E-state index in [0.29, 0.717) is 45.9 Å². The van der Waals surface area contributed by atoms with E-state index in [1.165, 1.54) is 72.8 Å². The van der Waals surface area contributed by atoms with Crippen molar-refractivity contribution in [2.24, 2.45) is 0 Å². The maximum absolute atomic E-state index is 13.5. The third kappa shape index (κ3) is 8.93. The Kier molecular flexibility index (Phi) is 11.1. The number of rotatable bonds is 10. The molecule has 0 aliphatic heterocycles. The van der Waals surface area contributed by atoms with Crippen molar-refractivity contribution in [2.45, 2.75) is 38.8 Å². The van der Waals surface area contributed by atoms with Gasteiger partial charge in [0.1, 0.15) is 23.0 Å². The quantitative estimate of drug-likeness (QED) is 0.127. The maximum Gasteiger partial charge on any atom is 0.206 e. The Morgan fingerprint density at radius 3 is 1.00 bits per heavy atom. The highest BCUT2D eigenvalue weighted by atomic mass is 35.5. The molecule has 1 aliphatic rings. The van der Waals surface area contributed by atoms with E-state index in [-0.39, 0.29) is 25.4 Å². The van der Waals surface area contributed by atoms with Crippen LogP contribution in [0.1, 0.15) is 30.4 Å². The Hall–Kier alpha value is -5.45. The standard InChI is InChI=1S/C44H32Cl2O7S2/c45-34-8-20-40(21-9-34)54(48,49)42-24-16-38(17-25-42)52-36-12-4-30(5-13-36)28-32-2-1-3-33(44(32)47)29-31-6-14-37(15-7-31)53-39-18-26-43(27-19-39)55(50,51)41-22-10-35(46)11-23-41/h4-29H,1-3H2/b32-28-,33-29+. The minimum Gasteiger partial charge on any atom is -0.457 e. The lowest BCUT2D eigenvalue weighted by atomic mass is 9.87. The molecule has 55 heavy (non-hydrogen) atoms. The van der Waals surface area contributed by atoms with Gasteiger partial charge in [0.05, 0.1) is 19.6 Å². The van der Waals surface area contributed by atoms with Crippen molar-refractivity contribution in [3.63, 3.8) is 0 Å². The first-order chi connectivity index (χ1) is 26.4. The Balaban J connectivity index is 0.960. The number of benzene rings is 6. The first kappa shape index (κ1) is 37.8. The molecule has 0 radical (unpaired) electrons. The highest BCUT2D eigenvalue weighted by Crippen LogP contribution is 2.32. The SMILES string of the molecule is O=C1/C(=C\c2ccc(Oc3ccc(S(=O)(=O)c4ccc(Cl)cc4)cc3)cc2)CCC/C1=C\c1ccc(Oc2ccc(S(=O)(=O)c3ccc(Cl)cc3)cc2)cc1. The summed E-state index contributed by atoms with van der Waals surface area (Å²) in [6.07, 6.45) is 5.99. The molecule has 11 heteroatoms. The predicted molar refractivity (Wildman–Crippen MR) is 215 cm³/mol. The van der Waals surface area contributed by atoms with E-state index in [2.05, 4.69) is 0 Å². The van der Waals surface area contributed by atoms with Crippen LogP contribution in [0.2, 0.25) is 10.0 Å². The number of halogens is 2. The number of hydrogen-bond donors (Lipinski definition) is 0. The number of ketones is 1. The van der Waals surface area contributed by atoms with E-state index >= 15 is 0 Å². The lowest BCUT2D eigenvalue weighted by Crippen LogP contribution is -2.12. The van der Waals surface area contributed by atoms with Gasteiger partial charge in [0.25, 0.3) is 0 Å². The second-order valence-corrected chi connectivity index (χ2v) is 17.5. The lowest BCUT2D eigenvalue weighted by Gasteiger charge is -2.17. The van der Waals surface area contributed by atoms with Crippen molar-refractivity contribution < 1.29 is 31.1 Å². The third-order valence-electron chi connectivity index (χ3n) is 8.90. The van der Waals surface area contributed by atoms with Gasteiger partial charge < -0.3 is 9.47 Å². The van der Waals surface area contributed by atoms with Crippen molar-refractivity contribution in [3.05, 3.63) is 178 Å². The van der Waals surface area contributed by atoms with Crippen LogP contribution >= 0.6 is 23.2 Å². The second-order valence-electron chi connectivity index (χ2n) is 12.7. The van der Waals surface area contributed by atoms with Gasteiger partial charge in [-0.3, -0.25) is 4.79 Å². The zero-order chi connectivity index (χ0) is 38.6. The van der Waals surface area contributed by atoms with Gasteiger partial charge >= 0.3 is 0 Å². The van der Waals surface area contributed by atoms with Gasteiger partial charge in [-0.05, 0) is 164 Å². The van der Waals surface area contributed by atoms with Gasteiger partial charge in [0.2, 0.25) is 19.7 Å². The van der Waals surface area contributed by atoms with Crippen molar-refractivity contribution in [3.8, 4) is 23.0 Å². The molecule has 0 amide bonds. The van der Waals surface area contributed by atoms with Crippen molar-refractivity contribution >= 4 is 60.8 Å². The van der Waals surface area contributed by atoms with Gasteiger partial charge in [-0.1, -0.05) is 47.5 Å². The van der Waals surface area contributed by atoms with Crippen LogP contribution in [0.5, 0.6) is 23.0 Å². The van der Waals surface area contributed by atoms with Crippen LogP contribution in [0.15, 0.2) is 176 Å². The summed E-state index contributed by atoms with van der Waals surface area (Å²) in [4.78, 5) is 14.1. The number of carbonyl (C=O) groups is 1. The van der Waals surface area contributed by atoms with E-state index in [0.717, 1.165) is 28.7 Å². The second kappa shape index (κ2) is 16.1. The monoisotopic (exact) mass is 806 g/mol. The maximum atomic E-state index is 13.5. The molecule has 0 aromatic heterocycles. The normalized spacial score (nSPS) is 14.9. The summed E-state index contributed by atoms with van der Waals surface area (Å²) < 4.78 is 63.7. The average Bonchev–Trinajstić information content (AvgIpc) is 3.19. The molecule has 0 unspecified atom stereocenters. The van der Waals surface area contributed by atoms with E-state index in [1.807, 2.05) is 36.4 Å². The average molecular weight is 808 g/mol. The molecule has 1 aliphatic carbocycles. The first-order valence-electron chi connectivity index (χ1n) is 17.2. The molecule has 276 valence electrons. The highest BCUT2D eigenvalue weighted by molar-refractivity contribution is 7.91. The molecule has 1 fully saturated rings. The fourth-order valence-corrected chi connectivity index (χ4v) is 8.76.